The number of rotatable bonds is 2. The molecule has 0 bridgehead atoms. The molecule has 0 saturated carbocycles. The van der Waals surface area contributed by atoms with E-state index >= 15 is 0 Å². The van der Waals surface area contributed by atoms with Crippen molar-refractivity contribution in [2.75, 3.05) is 26.2 Å². The Morgan fingerprint density at radius 3 is 2.35 bits per heavy atom. The monoisotopic (exact) mass is 392 g/mol. The van der Waals surface area contributed by atoms with Gasteiger partial charge in [-0.25, -0.2) is 0 Å². The van der Waals surface area contributed by atoms with Crippen molar-refractivity contribution in [3.63, 3.8) is 0 Å². The average molecular weight is 393 g/mol. The molecule has 0 radical (unpaired) electrons. The van der Waals surface area contributed by atoms with Crippen molar-refractivity contribution in [2.45, 2.75) is 6.42 Å². The van der Waals surface area contributed by atoms with Gasteiger partial charge in [0.25, 0.3) is 11.8 Å². The Morgan fingerprint density at radius 1 is 0.957 bits per heavy atom. The fourth-order valence-electron chi connectivity index (χ4n) is 2.68. The molecule has 4 nitrogen and oxygen atoms in total. The Kier molecular flexibility index (Phi) is 5.13. The molecule has 0 unspecified atom stereocenters. The van der Waals surface area contributed by atoms with Crippen LogP contribution >= 0.6 is 27.3 Å². The molecule has 0 N–H and O–H groups in total. The second-order valence-corrected chi connectivity index (χ2v) is 7.29. The highest BCUT2D eigenvalue weighted by Gasteiger charge is 2.23. The van der Waals surface area contributed by atoms with Crippen LogP contribution in [0.5, 0.6) is 0 Å². The summed E-state index contributed by atoms with van der Waals surface area (Å²) in [7, 11) is 0. The van der Waals surface area contributed by atoms with Crippen molar-refractivity contribution in [1.29, 1.82) is 0 Å². The molecule has 120 valence electrons. The van der Waals surface area contributed by atoms with Gasteiger partial charge in [-0.05, 0) is 36.1 Å². The second-order valence-electron chi connectivity index (χ2n) is 5.43. The number of halogens is 1. The van der Waals surface area contributed by atoms with Crippen LogP contribution < -0.4 is 0 Å². The SMILES string of the molecule is O=C(c1cccc(Br)c1)N1CCCN(C(=O)c2cccs2)CC1. The summed E-state index contributed by atoms with van der Waals surface area (Å²) >= 11 is 4.86. The molecule has 1 aromatic heterocycles. The fraction of sp³-hybridized carbons (Fsp3) is 0.294. The van der Waals surface area contributed by atoms with Crippen LogP contribution in [0, 0.1) is 0 Å². The molecule has 2 amide bonds. The Labute approximate surface area is 147 Å². The van der Waals surface area contributed by atoms with E-state index in [0.717, 1.165) is 15.8 Å². The summed E-state index contributed by atoms with van der Waals surface area (Å²) in [5.41, 5.74) is 0.678. The zero-order valence-corrected chi connectivity index (χ0v) is 15.0. The zero-order chi connectivity index (χ0) is 16.2. The third kappa shape index (κ3) is 3.82. The third-order valence-electron chi connectivity index (χ3n) is 3.87. The molecule has 1 fully saturated rings. The minimum atomic E-state index is 0.0247. The highest BCUT2D eigenvalue weighted by Crippen LogP contribution is 2.17. The van der Waals surface area contributed by atoms with Crippen molar-refractivity contribution in [1.82, 2.24) is 9.80 Å². The van der Waals surface area contributed by atoms with Crippen molar-refractivity contribution < 1.29 is 9.59 Å². The highest BCUT2D eigenvalue weighted by atomic mass is 79.9. The number of thiophene rings is 1. The summed E-state index contributed by atoms with van der Waals surface area (Å²) in [6, 6.07) is 11.2. The lowest BCUT2D eigenvalue weighted by atomic mass is 10.2. The van der Waals surface area contributed by atoms with Crippen molar-refractivity contribution in [3.05, 3.63) is 56.7 Å². The van der Waals surface area contributed by atoms with Gasteiger partial charge in [0.1, 0.15) is 0 Å². The van der Waals surface area contributed by atoms with Gasteiger partial charge in [-0.1, -0.05) is 28.1 Å². The number of benzene rings is 1. The fourth-order valence-corrected chi connectivity index (χ4v) is 3.77. The maximum absolute atomic E-state index is 12.6. The van der Waals surface area contributed by atoms with Crippen LogP contribution in [-0.4, -0.2) is 47.8 Å². The van der Waals surface area contributed by atoms with Gasteiger partial charge in [-0.3, -0.25) is 9.59 Å². The van der Waals surface area contributed by atoms with Crippen LogP contribution in [0.15, 0.2) is 46.3 Å². The molecule has 0 atom stereocenters. The molecule has 2 heterocycles. The van der Waals surface area contributed by atoms with Gasteiger partial charge >= 0.3 is 0 Å². The molecule has 0 aliphatic carbocycles. The molecular weight excluding hydrogens is 376 g/mol. The van der Waals surface area contributed by atoms with Crippen LogP contribution in [0.2, 0.25) is 0 Å². The molecule has 0 spiro atoms. The second kappa shape index (κ2) is 7.27. The number of amides is 2. The Balaban J connectivity index is 1.66. The Morgan fingerprint density at radius 2 is 1.70 bits per heavy atom. The van der Waals surface area contributed by atoms with Gasteiger partial charge in [-0.15, -0.1) is 11.3 Å². The summed E-state index contributed by atoms with van der Waals surface area (Å²) in [6.07, 6.45) is 0.802. The Hall–Kier alpha value is -1.66. The largest absolute Gasteiger partial charge is 0.337 e. The van der Waals surface area contributed by atoms with Gasteiger partial charge in [0.05, 0.1) is 4.88 Å². The molecule has 6 heteroatoms. The van der Waals surface area contributed by atoms with Crippen LogP contribution in [-0.2, 0) is 0 Å². The van der Waals surface area contributed by atoms with Gasteiger partial charge in [0, 0.05) is 36.2 Å². The van der Waals surface area contributed by atoms with Crippen LogP contribution in [0.3, 0.4) is 0 Å². The van der Waals surface area contributed by atoms with E-state index in [-0.39, 0.29) is 11.8 Å². The maximum atomic E-state index is 12.6. The first-order chi connectivity index (χ1) is 11.1. The standard InChI is InChI=1S/C17H17BrN2O2S/c18-14-5-1-4-13(12-14)16(21)19-7-3-8-20(10-9-19)17(22)15-6-2-11-23-15/h1-2,4-6,11-12H,3,7-10H2. The van der Waals surface area contributed by atoms with Crippen LogP contribution in [0.4, 0.5) is 0 Å². The van der Waals surface area contributed by atoms with E-state index in [1.54, 1.807) is 0 Å². The first-order valence-corrected chi connectivity index (χ1v) is 9.20. The minimum absolute atomic E-state index is 0.0247. The molecule has 2 aromatic rings. The quantitative estimate of drug-likeness (QED) is 0.784. The van der Waals surface area contributed by atoms with Crippen LogP contribution in [0.1, 0.15) is 26.5 Å². The van der Waals surface area contributed by atoms with Gasteiger partial charge in [0.2, 0.25) is 0 Å². The van der Waals surface area contributed by atoms with Gasteiger partial charge in [-0.2, -0.15) is 0 Å². The van der Waals surface area contributed by atoms with Gasteiger partial charge < -0.3 is 9.80 Å². The van der Waals surface area contributed by atoms with Crippen molar-refractivity contribution >= 4 is 39.1 Å². The van der Waals surface area contributed by atoms with Gasteiger partial charge in [0.15, 0.2) is 0 Å². The average Bonchev–Trinajstić information content (AvgIpc) is 2.98. The highest BCUT2D eigenvalue weighted by molar-refractivity contribution is 9.10. The van der Waals surface area contributed by atoms with E-state index in [1.807, 2.05) is 51.6 Å². The molecule has 1 aliphatic heterocycles. The summed E-state index contributed by atoms with van der Waals surface area (Å²) in [6.45, 7) is 2.53. The smallest absolute Gasteiger partial charge is 0.263 e. The molecule has 23 heavy (non-hydrogen) atoms. The van der Waals surface area contributed by atoms with Crippen molar-refractivity contribution in [2.24, 2.45) is 0 Å². The summed E-state index contributed by atoms with van der Waals surface area (Å²) in [4.78, 5) is 29.5. The first-order valence-electron chi connectivity index (χ1n) is 7.53. The van der Waals surface area contributed by atoms with Crippen molar-refractivity contribution in [3.8, 4) is 0 Å². The molecule has 3 rings (SSSR count). The molecule has 1 aliphatic rings. The Bertz CT molecular complexity index is 702. The zero-order valence-electron chi connectivity index (χ0n) is 12.6. The molecular formula is C17H17BrN2O2S. The normalized spacial score (nSPS) is 15.3. The lowest BCUT2D eigenvalue weighted by molar-refractivity contribution is 0.0721. The summed E-state index contributed by atoms with van der Waals surface area (Å²) in [5, 5.41) is 1.91. The number of hydrogen-bond donors (Lipinski definition) is 0. The number of carbonyl (C=O) groups excluding carboxylic acids is 2. The van der Waals surface area contributed by atoms with E-state index < -0.39 is 0 Å². The van der Waals surface area contributed by atoms with E-state index in [0.29, 0.717) is 31.7 Å². The summed E-state index contributed by atoms with van der Waals surface area (Å²) < 4.78 is 0.896. The van der Waals surface area contributed by atoms with E-state index in [9.17, 15) is 9.59 Å². The number of nitrogens with zero attached hydrogens (tertiary/aromatic N) is 2. The lowest BCUT2D eigenvalue weighted by Crippen LogP contribution is -2.37. The minimum Gasteiger partial charge on any atom is -0.337 e. The first kappa shape index (κ1) is 16.2. The van der Waals surface area contributed by atoms with E-state index in [1.165, 1.54) is 11.3 Å². The van der Waals surface area contributed by atoms with Crippen LogP contribution in [0.25, 0.3) is 0 Å². The third-order valence-corrected chi connectivity index (χ3v) is 5.22. The molecule has 1 saturated heterocycles. The predicted molar refractivity (Wildman–Crippen MR) is 94.9 cm³/mol. The number of hydrogen-bond acceptors (Lipinski definition) is 3. The number of carbonyl (C=O) groups is 2. The predicted octanol–water partition coefficient (Wildman–Crippen LogP) is 3.50. The van der Waals surface area contributed by atoms with E-state index in [2.05, 4.69) is 15.9 Å². The maximum Gasteiger partial charge on any atom is 0.263 e. The lowest BCUT2D eigenvalue weighted by Gasteiger charge is -2.22. The topological polar surface area (TPSA) is 40.6 Å². The van der Waals surface area contributed by atoms with E-state index in [4.69, 9.17) is 0 Å². The molecule has 1 aromatic carbocycles. The summed E-state index contributed by atoms with van der Waals surface area (Å²) in [5.74, 6) is 0.0912.